The van der Waals surface area contributed by atoms with Crippen molar-refractivity contribution in [2.75, 3.05) is 13.6 Å². The molecular formula is C11H18N2. The molecule has 2 rings (SSSR count). The third-order valence-electron chi connectivity index (χ3n) is 3.00. The molecule has 0 unspecified atom stereocenters. The van der Waals surface area contributed by atoms with Crippen LogP contribution in [0.2, 0.25) is 0 Å². The molecule has 0 aliphatic heterocycles. The second kappa shape index (κ2) is 3.54. The number of hydrogen-bond donors (Lipinski definition) is 2. The molecule has 1 heterocycles. The minimum atomic E-state index is 1.09. The summed E-state index contributed by atoms with van der Waals surface area (Å²) in [6, 6.07) is 0. The van der Waals surface area contributed by atoms with Crippen LogP contribution in [0.15, 0.2) is 0 Å². The van der Waals surface area contributed by atoms with Gasteiger partial charge in [0.25, 0.3) is 0 Å². The van der Waals surface area contributed by atoms with Crippen LogP contribution in [0.25, 0.3) is 0 Å². The lowest BCUT2D eigenvalue weighted by atomic mass is 10.1. The van der Waals surface area contributed by atoms with E-state index < -0.39 is 0 Å². The third-order valence-corrected chi connectivity index (χ3v) is 3.00. The standard InChI is InChI=1S/C11H18N2/c1-8-9(6-7-12-2)10-4-3-5-11(10)13-8/h12-13H,3-7H2,1-2H3. The van der Waals surface area contributed by atoms with Gasteiger partial charge in [-0.2, -0.15) is 0 Å². The Labute approximate surface area is 79.7 Å². The van der Waals surface area contributed by atoms with Crippen LogP contribution in [0.4, 0.5) is 0 Å². The predicted molar refractivity (Wildman–Crippen MR) is 55.2 cm³/mol. The summed E-state index contributed by atoms with van der Waals surface area (Å²) in [4.78, 5) is 3.51. The van der Waals surface area contributed by atoms with Gasteiger partial charge in [0.1, 0.15) is 0 Å². The first-order chi connectivity index (χ1) is 6.33. The van der Waals surface area contributed by atoms with Gasteiger partial charge in [-0.1, -0.05) is 0 Å². The van der Waals surface area contributed by atoms with Crippen LogP contribution in [-0.4, -0.2) is 18.6 Å². The van der Waals surface area contributed by atoms with Gasteiger partial charge >= 0.3 is 0 Å². The summed E-state index contributed by atoms with van der Waals surface area (Å²) in [5.74, 6) is 0. The van der Waals surface area contributed by atoms with Crippen molar-refractivity contribution in [1.29, 1.82) is 0 Å². The molecule has 13 heavy (non-hydrogen) atoms. The van der Waals surface area contributed by atoms with Crippen LogP contribution in [0.1, 0.15) is 28.9 Å². The summed E-state index contributed by atoms with van der Waals surface area (Å²) in [6.45, 7) is 3.29. The van der Waals surface area contributed by atoms with E-state index in [4.69, 9.17) is 0 Å². The lowest BCUT2D eigenvalue weighted by Gasteiger charge is -2.02. The number of aryl methyl sites for hydroxylation is 2. The topological polar surface area (TPSA) is 27.8 Å². The fourth-order valence-corrected chi connectivity index (χ4v) is 2.33. The van der Waals surface area contributed by atoms with E-state index in [1.165, 1.54) is 37.1 Å². The van der Waals surface area contributed by atoms with Crippen molar-refractivity contribution in [2.45, 2.75) is 32.6 Å². The third kappa shape index (κ3) is 1.51. The van der Waals surface area contributed by atoms with Gasteiger partial charge in [0.05, 0.1) is 0 Å². The quantitative estimate of drug-likeness (QED) is 0.722. The number of aromatic amines is 1. The lowest BCUT2D eigenvalue weighted by Crippen LogP contribution is -2.11. The smallest absolute Gasteiger partial charge is 0.0184 e. The summed E-state index contributed by atoms with van der Waals surface area (Å²) in [5.41, 5.74) is 6.08. The molecule has 0 atom stereocenters. The summed E-state index contributed by atoms with van der Waals surface area (Å²) in [7, 11) is 2.02. The molecule has 2 heteroatoms. The van der Waals surface area contributed by atoms with Crippen LogP contribution in [0.5, 0.6) is 0 Å². The van der Waals surface area contributed by atoms with E-state index in [1.54, 1.807) is 11.1 Å². The van der Waals surface area contributed by atoms with Gasteiger partial charge in [-0.15, -0.1) is 0 Å². The van der Waals surface area contributed by atoms with Crippen LogP contribution in [-0.2, 0) is 19.3 Å². The van der Waals surface area contributed by atoms with Gasteiger partial charge in [0, 0.05) is 11.4 Å². The number of rotatable bonds is 3. The highest BCUT2D eigenvalue weighted by Gasteiger charge is 2.18. The van der Waals surface area contributed by atoms with E-state index in [2.05, 4.69) is 17.2 Å². The maximum Gasteiger partial charge on any atom is 0.0184 e. The first-order valence-electron chi connectivity index (χ1n) is 5.16. The minimum absolute atomic E-state index is 1.09. The SMILES string of the molecule is CNCCc1c(C)[nH]c2c1CCC2. The first-order valence-corrected chi connectivity index (χ1v) is 5.16. The zero-order valence-electron chi connectivity index (χ0n) is 8.54. The molecule has 0 radical (unpaired) electrons. The second-order valence-corrected chi connectivity index (χ2v) is 3.89. The fourth-order valence-electron chi connectivity index (χ4n) is 2.33. The number of aromatic nitrogens is 1. The van der Waals surface area contributed by atoms with Gasteiger partial charge in [-0.05, 0) is 57.3 Å². The number of nitrogens with one attached hydrogen (secondary N) is 2. The van der Waals surface area contributed by atoms with Crippen LogP contribution >= 0.6 is 0 Å². The molecule has 1 aliphatic carbocycles. The van der Waals surface area contributed by atoms with E-state index in [0.29, 0.717) is 0 Å². The fraction of sp³-hybridized carbons (Fsp3) is 0.636. The Bertz CT molecular complexity index is 299. The Balaban J connectivity index is 2.22. The van der Waals surface area contributed by atoms with Gasteiger partial charge < -0.3 is 10.3 Å². The zero-order chi connectivity index (χ0) is 9.26. The highest BCUT2D eigenvalue weighted by atomic mass is 14.8. The Morgan fingerprint density at radius 1 is 1.38 bits per heavy atom. The van der Waals surface area contributed by atoms with Crippen molar-refractivity contribution in [3.05, 3.63) is 22.5 Å². The number of likely N-dealkylation sites (N-methyl/N-ethyl adjacent to an activating group) is 1. The van der Waals surface area contributed by atoms with Crippen molar-refractivity contribution in [1.82, 2.24) is 10.3 Å². The Kier molecular flexibility index (Phi) is 2.40. The molecule has 72 valence electrons. The molecule has 0 saturated heterocycles. The first kappa shape index (κ1) is 8.82. The maximum atomic E-state index is 3.51. The maximum absolute atomic E-state index is 3.51. The predicted octanol–water partition coefficient (Wildman–Crippen LogP) is 1.57. The van der Waals surface area contributed by atoms with E-state index in [0.717, 1.165) is 6.54 Å². The Hall–Kier alpha value is -0.760. The molecule has 1 aliphatic rings. The zero-order valence-corrected chi connectivity index (χ0v) is 8.54. The molecule has 1 aromatic rings. The summed E-state index contributed by atoms with van der Waals surface area (Å²) >= 11 is 0. The van der Waals surface area contributed by atoms with E-state index in [-0.39, 0.29) is 0 Å². The number of fused-ring (bicyclic) bond motifs is 1. The highest BCUT2D eigenvalue weighted by Crippen LogP contribution is 2.27. The van der Waals surface area contributed by atoms with Crippen LogP contribution < -0.4 is 5.32 Å². The van der Waals surface area contributed by atoms with Crippen LogP contribution in [0.3, 0.4) is 0 Å². The van der Waals surface area contributed by atoms with Gasteiger partial charge in [0.2, 0.25) is 0 Å². The van der Waals surface area contributed by atoms with Crippen LogP contribution in [0, 0.1) is 6.92 Å². The van der Waals surface area contributed by atoms with Gasteiger partial charge in [0.15, 0.2) is 0 Å². The average molecular weight is 178 g/mol. The van der Waals surface area contributed by atoms with Gasteiger partial charge in [-0.3, -0.25) is 0 Å². The Morgan fingerprint density at radius 3 is 3.00 bits per heavy atom. The molecule has 0 bridgehead atoms. The molecular weight excluding hydrogens is 160 g/mol. The van der Waals surface area contributed by atoms with E-state index in [9.17, 15) is 0 Å². The summed E-state index contributed by atoms with van der Waals surface area (Å²) in [5, 5.41) is 3.21. The molecule has 0 fully saturated rings. The number of H-pyrrole nitrogens is 1. The number of hydrogen-bond acceptors (Lipinski definition) is 1. The minimum Gasteiger partial charge on any atom is -0.362 e. The van der Waals surface area contributed by atoms with Crippen molar-refractivity contribution in [2.24, 2.45) is 0 Å². The Morgan fingerprint density at radius 2 is 2.23 bits per heavy atom. The highest BCUT2D eigenvalue weighted by molar-refractivity contribution is 5.39. The van der Waals surface area contributed by atoms with E-state index in [1.807, 2.05) is 7.05 Å². The normalized spacial score (nSPS) is 14.9. The molecule has 0 amide bonds. The molecule has 0 aromatic carbocycles. The molecule has 1 aromatic heterocycles. The molecule has 2 N–H and O–H groups in total. The summed E-state index contributed by atoms with van der Waals surface area (Å²) < 4.78 is 0. The molecule has 0 spiro atoms. The van der Waals surface area contributed by atoms with Gasteiger partial charge in [-0.25, -0.2) is 0 Å². The van der Waals surface area contributed by atoms with E-state index >= 15 is 0 Å². The monoisotopic (exact) mass is 178 g/mol. The molecule has 2 nitrogen and oxygen atoms in total. The second-order valence-electron chi connectivity index (χ2n) is 3.89. The van der Waals surface area contributed by atoms with Crippen molar-refractivity contribution < 1.29 is 0 Å². The lowest BCUT2D eigenvalue weighted by molar-refractivity contribution is 0.779. The average Bonchev–Trinajstić information content (AvgIpc) is 2.62. The van der Waals surface area contributed by atoms with Crippen molar-refractivity contribution in [3.8, 4) is 0 Å². The van der Waals surface area contributed by atoms with Crippen molar-refractivity contribution >= 4 is 0 Å². The van der Waals surface area contributed by atoms with Crippen molar-refractivity contribution in [3.63, 3.8) is 0 Å². The largest absolute Gasteiger partial charge is 0.362 e. The summed E-state index contributed by atoms with van der Waals surface area (Å²) in [6.07, 6.45) is 5.07. The molecule has 0 saturated carbocycles.